The van der Waals surface area contributed by atoms with Gasteiger partial charge >= 0.3 is 0 Å². The molecule has 0 fully saturated rings. The summed E-state index contributed by atoms with van der Waals surface area (Å²) >= 11 is 0. The number of benzene rings is 1. The van der Waals surface area contributed by atoms with Crippen LogP contribution in [0.3, 0.4) is 0 Å². The molecule has 5 N–H and O–H groups in total. The fourth-order valence-corrected chi connectivity index (χ4v) is 2.23. The van der Waals surface area contributed by atoms with E-state index in [0.29, 0.717) is 19.3 Å². The number of hydrogen-bond acceptors (Lipinski definition) is 5. The Morgan fingerprint density at radius 3 is 2.44 bits per heavy atom. The molecule has 1 aromatic carbocycles. The van der Waals surface area contributed by atoms with Crippen molar-refractivity contribution in [3.05, 3.63) is 35.9 Å². The van der Waals surface area contributed by atoms with Gasteiger partial charge in [0, 0.05) is 12.5 Å². The van der Waals surface area contributed by atoms with E-state index in [1.165, 1.54) is 0 Å². The molecule has 2 amide bonds. The number of carbonyl (C=O) groups is 3. The first kappa shape index (κ1) is 20.8. The molecule has 0 aliphatic carbocycles. The molecule has 25 heavy (non-hydrogen) atoms. The third-order valence-electron chi connectivity index (χ3n) is 3.74. The lowest BCUT2D eigenvalue weighted by molar-refractivity contribution is -0.132. The molecule has 0 radical (unpaired) electrons. The van der Waals surface area contributed by atoms with E-state index in [0.717, 1.165) is 12.0 Å². The lowest BCUT2D eigenvalue weighted by Gasteiger charge is -2.17. The molecule has 0 saturated heterocycles. The zero-order valence-corrected chi connectivity index (χ0v) is 14.5. The van der Waals surface area contributed by atoms with E-state index < -0.39 is 24.0 Å². The lowest BCUT2D eigenvalue weighted by Crippen LogP contribution is -2.49. The maximum absolute atomic E-state index is 11.8. The summed E-state index contributed by atoms with van der Waals surface area (Å²) in [6, 6.07) is 8.95. The largest absolute Gasteiger partial charge is 0.382 e. The first-order valence-corrected chi connectivity index (χ1v) is 8.47. The van der Waals surface area contributed by atoms with Gasteiger partial charge in [-0.25, -0.2) is 0 Å². The first-order chi connectivity index (χ1) is 11.9. The van der Waals surface area contributed by atoms with Crippen molar-refractivity contribution in [3.63, 3.8) is 0 Å². The molecule has 0 heterocycles. The molecule has 138 valence electrons. The SMILES string of the molecule is CCCC(N)C(O)C(=O)NCC(=O)NCC(=O)CCc1ccccc1. The minimum Gasteiger partial charge on any atom is -0.382 e. The molecular formula is C18H27N3O4. The Morgan fingerprint density at radius 1 is 1.12 bits per heavy atom. The Labute approximate surface area is 148 Å². The highest BCUT2D eigenvalue weighted by molar-refractivity contribution is 5.90. The summed E-state index contributed by atoms with van der Waals surface area (Å²) in [5, 5.41) is 14.5. The van der Waals surface area contributed by atoms with Gasteiger partial charge in [0.05, 0.1) is 13.1 Å². The summed E-state index contributed by atoms with van der Waals surface area (Å²) in [6.07, 6.45) is 0.864. The summed E-state index contributed by atoms with van der Waals surface area (Å²) < 4.78 is 0. The molecule has 0 bridgehead atoms. The fraction of sp³-hybridized carbons (Fsp3) is 0.500. The number of aryl methyl sites for hydroxylation is 1. The molecule has 1 aromatic rings. The molecule has 0 aliphatic heterocycles. The van der Waals surface area contributed by atoms with Gasteiger partial charge in [0.25, 0.3) is 5.91 Å². The first-order valence-electron chi connectivity index (χ1n) is 8.47. The van der Waals surface area contributed by atoms with E-state index in [1.807, 2.05) is 37.3 Å². The number of hydrogen-bond donors (Lipinski definition) is 4. The maximum atomic E-state index is 11.8. The molecule has 7 heteroatoms. The van der Waals surface area contributed by atoms with Crippen LogP contribution in [0.4, 0.5) is 0 Å². The highest BCUT2D eigenvalue weighted by atomic mass is 16.3. The van der Waals surface area contributed by atoms with Crippen LogP contribution in [0.1, 0.15) is 31.7 Å². The van der Waals surface area contributed by atoms with E-state index in [1.54, 1.807) is 0 Å². The van der Waals surface area contributed by atoms with Crippen LogP contribution in [-0.2, 0) is 20.8 Å². The van der Waals surface area contributed by atoms with Crippen LogP contribution >= 0.6 is 0 Å². The highest BCUT2D eigenvalue weighted by Crippen LogP contribution is 2.02. The van der Waals surface area contributed by atoms with E-state index in [2.05, 4.69) is 10.6 Å². The summed E-state index contributed by atoms with van der Waals surface area (Å²) in [5.74, 6) is -1.27. The molecule has 0 aliphatic rings. The number of amides is 2. The molecular weight excluding hydrogens is 322 g/mol. The van der Waals surface area contributed by atoms with Crippen molar-refractivity contribution in [3.8, 4) is 0 Å². The van der Waals surface area contributed by atoms with Gasteiger partial charge in [0.1, 0.15) is 6.10 Å². The summed E-state index contributed by atoms with van der Waals surface area (Å²) in [4.78, 5) is 35.1. The second-order valence-electron chi connectivity index (χ2n) is 5.92. The molecule has 2 unspecified atom stereocenters. The van der Waals surface area contributed by atoms with Crippen LogP contribution in [-0.4, -0.2) is 47.9 Å². The molecule has 1 rings (SSSR count). The number of aliphatic hydroxyl groups excluding tert-OH is 1. The third-order valence-corrected chi connectivity index (χ3v) is 3.74. The number of nitrogens with two attached hydrogens (primary N) is 1. The standard InChI is InChI=1S/C18H27N3O4/c1-2-6-15(19)17(24)18(25)21-12-16(23)20-11-14(22)10-9-13-7-4-3-5-8-13/h3-5,7-8,15,17,24H,2,6,9-12,19H2,1H3,(H,20,23)(H,21,25). The molecule has 2 atom stereocenters. The van der Waals surface area contributed by atoms with Crippen molar-refractivity contribution in [1.82, 2.24) is 10.6 Å². The summed E-state index contributed by atoms with van der Waals surface area (Å²) in [7, 11) is 0. The van der Waals surface area contributed by atoms with Gasteiger partial charge in [-0.2, -0.15) is 0 Å². The number of ketones is 1. The van der Waals surface area contributed by atoms with Crippen LogP contribution < -0.4 is 16.4 Å². The van der Waals surface area contributed by atoms with E-state index in [-0.39, 0.29) is 18.9 Å². The van der Waals surface area contributed by atoms with Crippen molar-refractivity contribution in [2.75, 3.05) is 13.1 Å². The quantitative estimate of drug-likeness (QED) is 0.445. The van der Waals surface area contributed by atoms with Crippen LogP contribution in [0.15, 0.2) is 30.3 Å². The Bertz CT molecular complexity index is 563. The van der Waals surface area contributed by atoms with Crippen molar-refractivity contribution in [1.29, 1.82) is 0 Å². The van der Waals surface area contributed by atoms with Gasteiger partial charge in [-0.3, -0.25) is 14.4 Å². The Hall–Kier alpha value is -2.25. The monoisotopic (exact) mass is 349 g/mol. The second kappa shape index (κ2) is 11.3. The van der Waals surface area contributed by atoms with Crippen molar-refractivity contribution < 1.29 is 19.5 Å². The predicted octanol–water partition coefficient (Wildman–Crippen LogP) is -0.0910. The van der Waals surface area contributed by atoms with Crippen LogP contribution in [0.5, 0.6) is 0 Å². The maximum Gasteiger partial charge on any atom is 0.250 e. The number of rotatable bonds is 11. The average molecular weight is 349 g/mol. The van der Waals surface area contributed by atoms with Gasteiger partial charge in [0.15, 0.2) is 5.78 Å². The molecule has 0 saturated carbocycles. The number of aliphatic hydroxyl groups is 1. The Kier molecular flexibility index (Phi) is 9.42. The Balaban J connectivity index is 2.21. The summed E-state index contributed by atoms with van der Waals surface area (Å²) in [6.45, 7) is 1.51. The van der Waals surface area contributed by atoms with E-state index in [4.69, 9.17) is 5.73 Å². The molecule has 0 aromatic heterocycles. The minimum absolute atomic E-state index is 0.0839. The highest BCUT2D eigenvalue weighted by Gasteiger charge is 2.22. The van der Waals surface area contributed by atoms with Crippen molar-refractivity contribution in [2.24, 2.45) is 5.73 Å². The minimum atomic E-state index is -1.35. The van der Waals surface area contributed by atoms with Gasteiger partial charge in [0.2, 0.25) is 5.91 Å². The number of nitrogens with one attached hydrogen (secondary N) is 2. The molecule has 0 spiro atoms. The van der Waals surface area contributed by atoms with E-state index in [9.17, 15) is 19.5 Å². The average Bonchev–Trinajstić information content (AvgIpc) is 2.63. The van der Waals surface area contributed by atoms with Gasteiger partial charge in [-0.05, 0) is 18.4 Å². The fourth-order valence-electron chi connectivity index (χ4n) is 2.23. The third kappa shape index (κ3) is 8.42. The Morgan fingerprint density at radius 2 is 1.80 bits per heavy atom. The van der Waals surface area contributed by atoms with Crippen molar-refractivity contribution >= 4 is 17.6 Å². The zero-order valence-electron chi connectivity index (χ0n) is 14.5. The van der Waals surface area contributed by atoms with Crippen LogP contribution in [0.25, 0.3) is 0 Å². The van der Waals surface area contributed by atoms with Gasteiger partial charge < -0.3 is 21.5 Å². The summed E-state index contributed by atoms with van der Waals surface area (Å²) in [5.41, 5.74) is 6.72. The zero-order chi connectivity index (χ0) is 18.7. The van der Waals surface area contributed by atoms with E-state index >= 15 is 0 Å². The lowest BCUT2D eigenvalue weighted by atomic mass is 10.1. The van der Waals surface area contributed by atoms with Crippen LogP contribution in [0.2, 0.25) is 0 Å². The van der Waals surface area contributed by atoms with Crippen molar-refractivity contribution in [2.45, 2.75) is 44.8 Å². The smallest absolute Gasteiger partial charge is 0.250 e. The number of carbonyl (C=O) groups excluding carboxylic acids is 3. The topological polar surface area (TPSA) is 122 Å². The van der Waals surface area contributed by atoms with Gasteiger partial charge in [-0.1, -0.05) is 43.7 Å². The van der Waals surface area contributed by atoms with Crippen LogP contribution in [0, 0.1) is 0 Å². The number of Topliss-reactive ketones (excluding diaryl/α,β-unsaturated/α-hetero) is 1. The second-order valence-corrected chi connectivity index (χ2v) is 5.92. The normalized spacial score (nSPS) is 12.9. The predicted molar refractivity (Wildman–Crippen MR) is 94.7 cm³/mol. The van der Waals surface area contributed by atoms with Gasteiger partial charge in [-0.15, -0.1) is 0 Å². The molecule has 7 nitrogen and oxygen atoms in total.